The third kappa shape index (κ3) is 8.56. The Labute approximate surface area is 160 Å². The number of aryl methyl sites for hydroxylation is 1. The van der Waals surface area contributed by atoms with Crippen LogP contribution in [0.2, 0.25) is 5.02 Å². The molecule has 1 heterocycles. The van der Waals surface area contributed by atoms with Gasteiger partial charge in [-0.05, 0) is 85.9 Å². The van der Waals surface area contributed by atoms with Gasteiger partial charge in [0.15, 0.2) is 5.75 Å². The highest BCUT2D eigenvalue weighted by atomic mass is 79.9. The fraction of sp³-hybridized carbons (Fsp3) is 0.529. The van der Waals surface area contributed by atoms with Crippen LogP contribution in [0.15, 0.2) is 16.6 Å². The molecule has 1 aromatic rings. The van der Waals surface area contributed by atoms with Crippen molar-refractivity contribution >= 4 is 39.5 Å². The second kappa shape index (κ2) is 11.3. The van der Waals surface area contributed by atoms with Gasteiger partial charge in [-0.1, -0.05) is 11.6 Å². The number of unbranched alkanes of at least 4 members (excludes halogenated alkanes) is 1. The van der Waals surface area contributed by atoms with E-state index >= 15 is 0 Å². The molecule has 1 saturated heterocycles. The van der Waals surface area contributed by atoms with Crippen molar-refractivity contribution in [2.24, 2.45) is 0 Å². The van der Waals surface area contributed by atoms with E-state index in [9.17, 15) is 0 Å². The van der Waals surface area contributed by atoms with E-state index in [0.717, 1.165) is 28.8 Å². The van der Waals surface area contributed by atoms with Crippen molar-refractivity contribution in [3.05, 3.63) is 27.2 Å². The Morgan fingerprint density at radius 2 is 1.80 bits per heavy atom. The number of carboxylic acids is 2. The van der Waals surface area contributed by atoms with E-state index in [2.05, 4.69) is 20.8 Å². The van der Waals surface area contributed by atoms with Gasteiger partial charge in [0.2, 0.25) is 0 Å². The van der Waals surface area contributed by atoms with Crippen LogP contribution in [0, 0.1) is 6.92 Å². The van der Waals surface area contributed by atoms with Gasteiger partial charge in [0, 0.05) is 0 Å². The third-order valence-electron chi connectivity index (χ3n) is 3.64. The molecule has 1 fully saturated rings. The smallest absolute Gasteiger partial charge is 0.414 e. The molecule has 0 aliphatic carbocycles. The lowest BCUT2D eigenvalue weighted by atomic mass is 10.2. The maximum absolute atomic E-state index is 9.10. The summed E-state index contributed by atoms with van der Waals surface area (Å²) in [5, 5.41) is 15.5. The van der Waals surface area contributed by atoms with E-state index in [1.165, 1.54) is 38.9 Å². The Morgan fingerprint density at radius 1 is 1.20 bits per heavy atom. The minimum Gasteiger partial charge on any atom is -0.491 e. The summed E-state index contributed by atoms with van der Waals surface area (Å²) in [6, 6.07) is 3.97. The summed E-state index contributed by atoms with van der Waals surface area (Å²) in [5.74, 6) is -2.88. The maximum Gasteiger partial charge on any atom is 0.414 e. The van der Waals surface area contributed by atoms with Crippen LogP contribution in [0.3, 0.4) is 0 Å². The Balaban J connectivity index is 0.000000450. The average Bonchev–Trinajstić information content (AvgIpc) is 3.03. The summed E-state index contributed by atoms with van der Waals surface area (Å²) in [6.45, 7) is 6.50. The Kier molecular flexibility index (Phi) is 9.85. The topological polar surface area (TPSA) is 87.1 Å². The summed E-state index contributed by atoms with van der Waals surface area (Å²) >= 11 is 9.69. The van der Waals surface area contributed by atoms with Crippen molar-refractivity contribution < 1.29 is 24.5 Å². The summed E-state index contributed by atoms with van der Waals surface area (Å²) in [4.78, 5) is 20.7. The van der Waals surface area contributed by atoms with Crippen LogP contribution < -0.4 is 4.74 Å². The Bertz CT molecular complexity index is 555. The number of ether oxygens (including phenoxy) is 1. The molecule has 2 N–H and O–H groups in total. The molecule has 6 nitrogen and oxygen atoms in total. The standard InChI is InChI=1S/C15H21BrClNO.C2H2O4/c1-12-10-13(16)15(14(17)11-12)19-9-5-4-8-18-6-2-3-7-18;3-1(4)2(5)6/h10-11H,2-9H2,1H3;(H,3,4)(H,5,6). The van der Waals surface area contributed by atoms with E-state index in [-0.39, 0.29) is 0 Å². The van der Waals surface area contributed by atoms with Gasteiger partial charge in [0.25, 0.3) is 0 Å². The number of aliphatic carboxylic acids is 2. The monoisotopic (exact) mass is 435 g/mol. The second-order valence-electron chi connectivity index (χ2n) is 5.77. The fourth-order valence-electron chi connectivity index (χ4n) is 2.44. The molecule has 8 heteroatoms. The molecular formula is C17H23BrClNO5. The maximum atomic E-state index is 9.10. The minimum absolute atomic E-state index is 0.686. The molecule has 25 heavy (non-hydrogen) atoms. The number of hydrogen-bond donors (Lipinski definition) is 2. The summed E-state index contributed by atoms with van der Waals surface area (Å²) < 4.78 is 6.73. The Hall–Kier alpha value is -1.31. The highest BCUT2D eigenvalue weighted by Crippen LogP contribution is 2.34. The van der Waals surface area contributed by atoms with Gasteiger partial charge in [-0.25, -0.2) is 9.59 Å². The molecule has 0 spiro atoms. The van der Waals surface area contributed by atoms with E-state index in [1.807, 2.05) is 19.1 Å². The third-order valence-corrected chi connectivity index (χ3v) is 4.51. The molecule has 0 bridgehead atoms. The van der Waals surface area contributed by atoms with Crippen molar-refractivity contribution in [2.75, 3.05) is 26.2 Å². The number of hydrogen-bond acceptors (Lipinski definition) is 4. The number of rotatable bonds is 6. The zero-order valence-corrected chi connectivity index (χ0v) is 16.5. The van der Waals surface area contributed by atoms with Crippen molar-refractivity contribution in [1.82, 2.24) is 4.90 Å². The molecule has 0 atom stereocenters. The molecular weight excluding hydrogens is 414 g/mol. The lowest BCUT2D eigenvalue weighted by Crippen LogP contribution is -2.20. The van der Waals surface area contributed by atoms with Crippen molar-refractivity contribution in [3.63, 3.8) is 0 Å². The van der Waals surface area contributed by atoms with Crippen LogP contribution in [0.25, 0.3) is 0 Å². The zero-order chi connectivity index (χ0) is 18.8. The molecule has 140 valence electrons. The molecule has 0 amide bonds. The molecule has 1 aliphatic heterocycles. The van der Waals surface area contributed by atoms with E-state index < -0.39 is 11.9 Å². The lowest BCUT2D eigenvalue weighted by Gasteiger charge is -2.15. The SMILES string of the molecule is Cc1cc(Cl)c(OCCCCN2CCCC2)c(Br)c1.O=C(O)C(=O)O. The van der Waals surface area contributed by atoms with Crippen molar-refractivity contribution in [1.29, 1.82) is 0 Å². The van der Waals surface area contributed by atoms with E-state index in [1.54, 1.807) is 0 Å². The summed E-state index contributed by atoms with van der Waals surface area (Å²) in [6.07, 6.45) is 5.00. The highest BCUT2D eigenvalue weighted by Gasteiger charge is 2.11. The molecule has 1 aliphatic rings. The van der Waals surface area contributed by atoms with Crippen LogP contribution >= 0.6 is 27.5 Å². The number of likely N-dealkylation sites (tertiary alicyclic amines) is 1. The lowest BCUT2D eigenvalue weighted by molar-refractivity contribution is -0.159. The van der Waals surface area contributed by atoms with E-state index in [0.29, 0.717) is 5.02 Å². The second-order valence-corrected chi connectivity index (χ2v) is 7.03. The normalized spacial score (nSPS) is 13.9. The molecule has 0 unspecified atom stereocenters. The molecule has 2 rings (SSSR count). The zero-order valence-electron chi connectivity index (χ0n) is 14.1. The first-order valence-electron chi connectivity index (χ1n) is 8.08. The minimum atomic E-state index is -1.82. The summed E-state index contributed by atoms with van der Waals surface area (Å²) in [5.41, 5.74) is 1.14. The van der Waals surface area contributed by atoms with Crippen LogP contribution in [0.1, 0.15) is 31.2 Å². The predicted octanol–water partition coefficient (Wildman–Crippen LogP) is 3.82. The van der Waals surface area contributed by atoms with Crippen molar-refractivity contribution in [3.8, 4) is 5.75 Å². The van der Waals surface area contributed by atoms with Gasteiger partial charge in [-0.2, -0.15) is 0 Å². The van der Waals surface area contributed by atoms with Gasteiger partial charge in [0.1, 0.15) is 0 Å². The molecule has 0 saturated carbocycles. The summed E-state index contributed by atoms with van der Waals surface area (Å²) in [7, 11) is 0. The molecule has 0 radical (unpaired) electrons. The van der Waals surface area contributed by atoms with Crippen LogP contribution in [-0.4, -0.2) is 53.3 Å². The van der Waals surface area contributed by atoms with Gasteiger partial charge in [-0.15, -0.1) is 0 Å². The van der Waals surface area contributed by atoms with Crippen LogP contribution in [0.5, 0.6) is 5.75 Å². The first-order chi connectivity index (χ1) is 11.8. The largest absolute Gasteiger partial charge is 0.491 e. The number of nitrogens with zero attached hydrogens (tertiary/aromatic N) is 1. The van der Waals surface area contributed by atoms with Crippen LogP contribution in [-0.2, 0) is 9.59 Å². The Morgan fingerprint density at radius 3 is 2.32 bits per heavy atom. The average molecular weight is 437 g/mol. The van der Waals surface area contributed by atoms with Gasteiger partial charge >= 0.3 is 11.9 Å². The predicted molar refractivity (Wildman–Crippen MR) is 99.6 cm³/mol. The van der Waals surface area contributed by atoms with Gasteiger partial charge in [0.05, 0.1) is 16.1 Å². The first kappa shape index (κ1) is 21.7. The number of halogens is 2. The highest BCUT2D eigenvalue weighted by molar-refractivity contribution is 9.10. The number of carboxylic acid groups (broad SMARTS) is 2. The number of benzene rings is 1. The van der Waals surface area contributed by atoms with Crippen molar-refractivity contribution in [2.45, 2.75) is 32.6 Å². The molecule has 0 aromatic heterocycles. The number of carbonyl (C=O) groups is 2. The van der Waals surface area contributed by atoms with Gasteiger partial charge in [-0.3, -0.25) is 0 Å². The van der Waals surface area contributed by atoms with E-state index in [4.69, 9.17) is 36.1 Å². The van der Waals surface area contributed by atoms with Gasteiger partial charge < -0.3 is 19.8 Å². The fourth-order valence-corrected chi connectivity index (χ4v) is 3.57. The first-order valence-corrected chi connectivity index (χ1v) is 9.25. The van der Waals surface area contributed by atoms with Crippen LogP contribution in [0.4, 0.5) is 0 Å². The quantitative estimate of drug-likeness (QED) is 0.521. The molecule has 1 aromatic carbocycles.